The topological polar surface area (TPSA) is 66.4 Å². The smallest absolute Gasteiger partial charge is 0.330 e. The number of carbonyl (C=O) groups excluding carboxylic acids is 1. The van der Waals surface area contributed by atoms with Gasteiger partial charge in [-0.3, -0.25) is 4.79 Å². The molecular weight excluding hydrogens is 220 g/mol. The number of hydrogen-bond acceptors (Lipinski definition) is 2. The number of halogens is 2. The maximum atomic E-state index is 12.8. The van der Waals surface area contributed by atoms with Crippen molar-refractivity contribution in [1.82, 2.24) is 5.32 Å². The molecule has 6 heteroatoms. The average Bonchev–Trinajstić information content (AvgIpc) is 2.11. The van der Waals surface area contributed by atoms with Crippen LogP contribution >= 0.6 is 0 Å². The van der Waals surface area contributed by atoms with E-state index in [1.54, 1.807) is 0 Å². The summed E-state index contributed by atoms with van der Waals surface area (Å²) in [6.45, 7) is 1.12. The van der Waals surface area contributed by atoms with E-state index in [1.165, 1.54) is 0 Å². The predicted octanol–water partition coefficient (Wildman–Crippen LogP) is 1.23. The van der Waals surface area contributed by atoms with E-state index in [-0.39, 0.29) is 5.56 Å². The molecule has 1 aromatic carbocycles. The van der Waals surface area contributed by atoms with E-state index in [1.807, 2.05) is 0 Å². The molecule has 4 nitrogen and oxygen atoms in total. The fraction of sp³-hybridized carbons (Fsp3) is 0.200. The Balaban J connectivity index is 3.10. The number of hydrogen-bond donors (Lipinski definition) is 2. The van der Waals surface area contributed by atoms with Crippen molar-refractivity contribution in [2.24, 2.45) is 0 Å². The minimum atomic E-state index is -1.46. The van der Waals surface area contributed by atoms with Crippen molar-refractivity contribution < 1.29 is 23.5 Å². The van der Waals surface area contributed by atoms with E-state index in [0.29, 0.717) is 6.07 Å². The van der Waals surface area contributed by atoms with Gasteiger partial charge in [-0.15, -0.1) is 0 Å². The number of amides is 1. The number of nitrogens with one attached hydrogen (secondary N) is 1. The van der Waals surface area contributed by atoms with Crippen molar-refractivity contribution in [2.45, 2.75) is 13.0 Å². The van der Waals surface area contributed by atoms with Crippen LogP contribution in [-0.2, 0) is 9.59 Å². The molecule has 1 atom stereocenters. The molecule has 2 N–H and O–H groups in total. The van der Waals surface area contributed by atoms with Crippen LogP contribution < -0.4 is 5.32 Å². The van der Waals surface area contributed by atoms with E-state index in [0.717, 1.165) is 19.1 Å². The summed E-state index contributed by atoms with van der Waals surface area (Å²) >= 11 is 0. The van der Waals surface area contributed by atoms with Crippen LogP contribution in [0.25, 0.3) is 0 Å². The summed E-state index contributed by atoms with van der Waals surface area (Å²) in [5, 5.41) is 10.9. The Bertz CT molecular complexity index is 414. The van der Waals surface area contributed by atoms with Gasteiger partial charge in [0.25, 0.3) is 0 Å². The first-order valence-electron chi connectivity index (χ1n) is 4.36. The van der Waals surface area contributed by atoms with E-state index < -0.39 is 29.6 Å². The highest BCUT2D eigenvalue weighted by molar-refractivity contribution is 5.83. The summed E-state index contributed by atoms with van der Waals surface area (Å²) in [4.78, 5) is 21.5. The molecule has 86 valence electrons. The second kappa shape index (κ2) is 4.69. The van der Waals surface area contributed by atoms with Crippen LogP contribution in [0.3, 0.4) is 0 Å². The highest BCUT2D eigenvalue weighted by Crippen LogP contribution is 2.16. The number of rotatable bonds is 3. The Labute approximate surface area is 89.9 Å². The largest absolute Gasteiger partial charge is 0.479 e. The first-order chi connectivity index (χ1) is 7.40. The average molecular weight is 229 g/mol. The Morgan fingerprint density at radius 1 is 1.25 bits per heavy atom. The zero-order valence-corrected chi connectivity index (χ0v) is 8.33. The molecule has 0 saturated heterocycles. The minimum Gasteiger partial charge on any atom is -0.479 e. The lowest BCUT2D eigenvalue weighted by Gasteiger charge is -2.13. The molecule has 0 aliphatic rings. The summed E-state index contributed by atoms with van der Waals surface area (Å²) in [5.41, 5.74) is -0.153. The molecule has 0 spiro atoms. The number of carboxylic acid groups (broad SMARTS) is 1. The van der Waals surface area contributed by atoms with Crippen LogP contribution in [0.2, 0.25) is 0 Å². The van der Waals surface area contributed by atoms with Gasteiger partial charge < -0.3 is 10.4 Å². The molecule has 1 aromatic rings. The van der Waals surface area contributed by atoms with Gasteiger partial charge >= 0.3 is 5.97 Å². The van der Waals surface area contributed by atoms with Gasteiger partial charge in [-0.05, 0) is 17.7 Å². The van der Waals surface area contributed by atoms with E-state index in [9.17, 15) is 18.4 Å². The summed E-state index contributed by atoms with van der Waals surface area (Å²) in [6.07, 6.45) is 0. The van der Waals surface area contributed by atoms with E-state index in [4.69, 9.17) is 5.11 Å². The molecule has 0 fully saturated rings. The first kappa shape index (κ1) is 12.1. The SMILES string of the molecule is CC(=O)NC(C(=O)O)c1cc(F)cc(F)c1. The third-order valence-corrected chi connectivity index (χ3v) is 1.81. The molecule has 0 heterocycles. The van der Waals surface area contributed by atoms with Gasteiger partial charge in [-0.25, -0.2) is 13.6 Å². The third kappa shape index (κ3) is 3.01. The lowest BCUT2D eigenvalue weighted by Crippen LogP contribution is -2.32. The van der Waals surface area contributed by atoms with Crippen molar-refractivity contribution in [1.29, 1.82) is 0 Å². The molecule has 1 amide bonds. The molecule has 0 saturated carbocycles. The van der Waals surface area contributed by atoms with Gasteiger partial charge in [0.2, 0.25) is 5.91 Å². The molecule has 0 bridgehead atoms. The molecule has 1 unspecified atom stereocenters. The highest BCUT2D eigenvalue weighted by atomic mass is 19.1. The van der Waals surface area contributed by atoms with Gasteiger partial charge in [0.1, 0.15) is 11.6 Å². The number of aliphatic carboxylic acids is 1. The zero-order chi connectivity index (χ0) is 12.3. The third-order valence-electron chi connectivity index (χ3n) is 1.81. The lowest BCUT2D eigenvalue weighted by atomic mass is 10.1. The van der Waals surface area contributed by atoms with Crippen molar-refractivity contribution in [3.63, 3.8) is 0 Å². The van der Waals surface area contributed by atoms with Gasteiger partial charge in [0.15, 0.2) is 6.04 Å². The Kier molecular flexibility index (Phi) is 3.55. The molecular formula is C10H9F2NO3. The normalized spacial score (nSPS) is 11.9. The summed E-state index contributed by atoms with van der Waals surface area (Å²) in [7, 11) is 0. The Hall–Kier alpha value is -1.98. The molecule has 0 aliphatic carbocycles. The maximum Gasteiger partial charge on any atom is 0.330 e. The van der Waals surface area contributed by atoms with E-state index in [2.05, 4.69) is 5.32 Å². The van der Waals surface area contributed by atoms with Crippen LogP contribution in [0, 0.1) is 11.6 Å². The first-order valence-corrected chi connectivity index (χ1v) is 4.36. The summed E-state index contributed by atoms with van der Waals surface area (Å²) in [6, 6.07) is 0.883. The second-order valence-corrected chi connectivity index (χ2v) is 3.17. The monoisotopic (exact) mass is 229 g/mol. The Morgan fingerprint density at radius 3 is 2.12 bits per heavy atom. The van der Waals surface area contributed by atoms with Crippen LogP contribution in [0.5, 0.6) is 0 Å². The zero-order valence-electron chi connectivity index (χ0n) is 8.33. The van der Waals surface area contributed by atoms with Gasteiger partial charge in [0, 0.05) is 13.0 Å². The van der Waals surface area contributed by atoms with Crippen molar-refractivity contribution >= 4 is 11.9 Å². The summed E-state index contributed by atoms with van der Waals surface area (Å²) < 4.78 is 25.7. The van der Waals surface area contributed by atoms with Crippen molar-refractivity contribution in [3.05, 3.63) is 35.4 Å². The number of carboxylic acids is 1. The maximum absolute atomic E-state index is 12.8. The molecule has 0 aromatic heterocycles. The molecule has 1 rings (SSSR count). The molecule has 16 heavy (non-hydrogen) atoms. The van der Waals surface area contributed by atoms with Crippen LogP contribution in [0.15, 0.2) is 18.2 Å². The Morgan fingerprint density at radius 2 is 1.75 bits per heavy atom. The minimum absolute atomic E-state index is 0.153. The predicted molar refractivity (Wildman–Crippen MR) is 50.6 cm³/mol. The standard InChI is InChI=1S/C10H9F2NO3/c1-5(14)13-9(10(15)16)6-2-7(11)4-8(12)3-6/h2-4,9H,1H3,(H,13,14)(H,15,16). The van der Waals surface area contributed by atoms with Crippen LogP contribution in [0.1, 0.15) is 18.5 Å². The quantitative estimate of drug-likeness (QED) is 0.819. The van der Waals surface area contributed by atoms with Crippen LogP contribution in [-0.4, -0.2) is 17.0 Å². The van der Waals surface area contributed by atoms with Gasteiger partial charge in [-0.1, -0.05) is 0 Å². The number of benzene rings is 1. The summed E-state index contributed by atoms with van der Waals surface area (Å²) in [5.74, 6) is -3.78. The van der Waals surface area contributed by atoms with Gasteiger partial charge in [-0.2, -0.15) is 0 Å². The van der Waals surface area contributed by atoms with Crippen LogP contribution in [0.4, 0.5) is 8.78 Å². The molecule has 0 aliphatic heterocycles. The fourth-order valence-corrected chi connectivity index (χ4v) is 1.23. The van der Waals surface area contributed by atoms with Crippen molar-refractivity contribution in [2.75, 3.05) is 0 Å². The fourth-order valence-electron chi connectivity index (χ4n) is 1.23. The second-order valence-electron chi connectivity index (χ2n) is 3.17. The molecule has 0 radical (unpaired) electrons. The van der Waals surface area contributed by atoms with Gasteiger partial charge in [0.05, 0.1) is 0 Å². The van der Waals surface area contributed by atoms with E-state index >= 15 is 0 Å². The highest BCUT2D eigenvalue weighted by Gasteiger charge is 2.21. The van der Waals surface area contributed by atoms with Crippen molar-refractivity contribution in [3.8, 4) is 0 Å². The lowest BCUT2D eigenvalue weighted by molar-refractivity contribution is -0.141. The number of carbonyl (C=O) groups is 2.